The quantitative estimate of drug-likeness (QED) is 0.625. The molecule has 2 unspecified atom stereocenters. The standard InChI is InChI=1S/C11H25N/c1-4-10(3)9-11(5-2)7-6-8-12/h10-11H,4-9,12H2,1-3H3. The maximum absolute atomic E-state index is 5.49. The van der Waals surface area contributed by atoms with Crippen LogP contribution in [0.5, 0.6) is 0 Å². The molecular formula is C11H25N. The highest BCUT2D eigenvalue weighted by molar-refractivity contribution is 4.61. The molecule has 2 atom stereocenters. The van der Waals surface area contributed by atoms with Crippen molar-refractivity contribution in [3.8, 4) is 0 Å². The lowest BCUT2D eigenvalue weighted by Crippen LogP contribution is -2.08. The normalized spacial score (nSPS) is 16.0. The van der Waals surface area contributed by atoms with E-state index >= 15 is 0 Å². The number of hydrogen-bond acceptors (Lipinski definition) is 1. The summed E-state index contributed by atoms with van der Waals surface area (Å²) in [6.07, 6.45) is 6.57. The van der Waals surface area contributed by atoms with Gasteiger partial charge < -0.3 is 5.73 Å². The van der Waals surface area contributed by atoms with Crippen molar-refractivity contribution in [3.05, 3.63) is 0 Å². The second-order valence-corrected chi connectivity index (χ2v) is 3.95. The minimum Gasteiger partial charge on any atom is -0.330 e. The van der Waals surface area contributed by atoms with Crippen LogP contribution < -0.4 is 5.73 Å². The van der Waals surface area contributed by atoms with E-state index in [4.69, 9.17) is 5.73 Å². The summed E-state index contributed by atoms with van der Waals surface area (Å²) >= 11 is 0. The maximum atomic E-state index is 5.49. The van der Waals surface area contributed by atoms with Crippen LogP contribution >= 0.6 is 0 Å². The zero-order valence-corrected chi connectivity index (χ0v) is 8.97. The Kier molecular flexibility index (Phi) is 7.58. The second-order valence-electron chi connectivity index (χ2n) is 3.95. The van der Waals surface area contributed by atoms with E-state index < -0.39 is 0 Å². The average molecular weight is 171 g/mol. The number of rotatable bonds is 7. The molecule has 0 aromatic heterocycles. The first-order valence-electron chi connectivity index (χ1n) is 5.44. The Hall–Kier alpha value is -0.0400. The van der Waals surface area contributed by atoms with Crippen molar-refractivity contribution < 1.29 is 0 Å². The first kappa shape index (κ1) is 12.0. The Morgan fingerprint density at radius 3 is 2.25 bits per heavy atom. The molecule has 0 aromatic rings. The summed E-state index contributed by atoms with van der Waals surface area (Å²) in [5, 5.41) is 0. The van der Waals surface area contributed by atoms with Crippen LogP contribution in [0.15, 0.2) is 0 Å². The maximum Gasteiger partial charge on any atom is -0.00772 e. The highest BCUT2D eigenvalue weighted by Crippen LogP contribution is 2.21. The second kappa shape index (κ2) is 7.60. The van der Waals surface area contributed by atoms with E-state index in [1.54, 1.807) is 0 Å². The van der Waals surface area contributed by atoms with Crippen LogP contribution in [0.25, 0.3) is 0 Å². The zero-order valence-electron chi connectivity index (χ0n) is 8.97. The lowest BCUT2D eigenvalue weighted by molar-refractivity contribution is 0.349. The molecule has 12 heavy (non-hydrogen) atoms. The van der Waals surface area contributed by atoms with E-state index in [0.717, 1.165) is 18.4 Å². The van der Waals surface area contributed by atoms with E-state index in [9.17, 15) is 0 Å². The molecule has 0 bridgehead atoms. The Morgan fingerprint density at radius 1 is 1.17 bits per heavy atom. The van der Waals surface area contributed by atoms with E-state index in [0.29, 0.717) is 0 Å². The monoisotopic (exact) mass is 171 g/mol. The minimum absolute atomic E-state index is 0.858. The highest BCUT2D eigenvalue weighted by atomic mass is 14.5. The summed E-state index contributed by atoms with van der Waals surface area (Å²) in [5.41, 5.74) is 5.49. The third-order valence-corrected chi connectivity index (χ3v) is 2.83. The molecule has 0 aliphatic rings. The van der Waals surface area contributed by atoms with Gasteiger partial charge in [0, 0.05) is 0 Å². The molecule has 1 heteroatoms. The lowest BCUT2D eigenvalue weighted by atomic mass is 9.89. The van der Waals surface area contributed by atoms with Crippen LogP contribution in [0.2, 0.25) is 0 Å². The molecule has 0 aliphatic heterocycles. The Morgan fingerprint density at radius 2 is 1.83 bits per heavy atom. The van der Waals surface area contributed by atoms with E-state index in [1.165, 1.54) is 32.1 Å². The van der Waals surface area contributed by atoms with Gasteiger partial charge >= 0.3 is 0 Å². The van der Waals surface area contributed by atoms with Gasteiger partial charge in [-0.25, -0.2) is 0 Å². The van der Waals surface area contributed by atoms with E-state index in [2.05, 4.69) is 20.8 Å². The topological polar surface area (TPSA) is 26.0 Å². The molecule has 0 aliphatic carbocycles. The zero-order chi connectivity index (χ0) is 9.40. The molecule has 0 fully saturated rings. The predicted octanol–water partition coefficient (Wildman–Crippen LogP) is 3.19. The van der Waals surface area contributed by atoms with Crippen LogP contribution in [-0.2, 0) is 0 Å². The average Bonchev–Trinajstić information content (AvgIpc) is 2.11. The number of nitrogens with two attached hydrogens (primary N) is 1. The van der Waals surface area contributed by atoms with Crippen molar-refractivity contribution in [1.29, 1.82) is 0 Å². The molecule has 0 saturated carbocycles. The molecule has 0 heterocycles. The molecule has 0 saturated heterocycles. The Bertz CT molecular complexity index is 91.0. The van der Waals surface area contributed by atoms with Gasteiger partial charge in [-0.1, -0.05) is 33.6 Å². The van der Waals surface area contributed by atoms with Crippen molar-refractivity contribution in [3.63, 3.8) is 0 Å². The van der Waals surface area contributed by atoms with Crippen LogP contribution in [0.1, 0.15) is 52.9 Å². The fourth-order valence-electron chi connectivity index (χ4n) is 1.63. The number of hydrogen-bond donors (Lipinski definition) is 1. The van der Waals surface area contributed by atoms with Crippen molar-refractivity contribution >= 4 is 0 Å². The van der Waals surface area contributed by atoms with Gasteiger partial charge in [0.2, 0.25) is 0 Å². The largest absolute Gasteiger partial charge is 0.330 e. The van der Waals surface area contributed by atoms with Crippen LogP contribution in [0.3, 0.4) is 0 Å². The fraction of sp³-hybridized carbons (Fsp3) is 1.00. The van der Waals surface area contributed by atoms with Gasteiger partial charge in [-0.3, -0.25) is 0 Å². The van der Waals surface area contributed by atoms with Gasteiger partial charge in [0.15, 0.2) is 0 Å². The molecule has 0 amide bonds. The summed E-state index contributed by atoms with van der Waals surface area (Å²) in [4.78, 5) is 0. The van der Waals surface area contributed by atoms with Gasteiger partial charge in [-0.15, -0.1) is 0 Å². The molecule has 0 rings (SSSR count). The van der Waals surface area contributed by atoms with Gasteiger partial charge in [0.25, 0.3) is 0 Å². The van der Waals surface area contributed by atoms with Crippen LogP contribution in [0, 0.1) is 11.8 Å². The van der Waals surface area contributed by atoms with Crippen LogP contribution in [-0.4, -0.2) is 6.54 Å². The smallest absolute Gasteiger partial charge is 0.00772 e. The summed E-state index contributed by atoms with van der Waals surface area (Å²) in [5.74, 6) is 1.82. The van der Waals surface area contributed by atoms with Crippen molar-refractivity contribution in [2.75, 3.05) is 6.54 Å². The van der Waals surface area contributed by atoms with E-state index in [-0.39, 0.29) is 0 Å². The highest BCUT2D eigenvalue weighted by Gasteiger charge is 2.09. The molecule has 74 valence electrons. The Balaban J connectivity index is 3.51. The van der Waals surface area contributed by atoms with Gasteiger partial charge in [0.05, 0.1) is 0 Å². The van der Waals surface area contributed by atoms with Gasteiger partial charge in [-0.2, -0.15) is 0 Å². The fourth-order valence-corrected chi connectivity index (χ4v) is 1.63. The third kappa shape index (κ3) is 5.59. The van der Waals surface area contributed by atoms with Crippen molar-refractivity contribution in [2.45, 2.75) is 52.9 Å². The Labute approximate surface area is 77.7 Å². The summed E-state index contributed by atoms with van der Waals surface area (Å²) in [6.45, 7) is 7.78. The summed E-state index contributed by atoms with van der Waals surface area (Å²) < 4.78 is 0. The minimum atomic E-state index is 0.858. The lowest BCUT2D eigenvalue weighted by Gasteiger charge is -2.18. The van der Waals surface area contributed by atoms with Crippen molar-refractivity contribution in [2.24, 2.45) is 17.6 Å². The van der Waals surface area contributed by atoms with Gasteiger partial charge in [-0.05, 0) is 37.6 Å². The van der Waals surface area contributed by atoms with Crippen molar-refractivity contribution in [1.82, 2.24) is 0 Å². The molecular weight excluding hydrogens is 146 g/mol. The first-order chi connectivity index (χ1) is 5.74. The van der Waals surface area contributed by atoms with Crippen LogP contribution in [0.4, 0.5) is 0 Å². The molecule has 0 radical (unpaired) electrons. The predicted molar refractivity (Wildman–Crippen MR) is 56.1 cm³/mol. The molecule has 0 aromatic carbocycles. The SMILES string of the molecule is CCC(C)CC(CC)CCCN. The summed E-state index contributed by atoms with van der Waals surface area (Å²) in [6, 6.07) is 0. The third-order valence-electron chi connectivity index (χ3n) is 2.83. The van der Waals surface area contributed by atoms with Gasteiger partial charge in [0.1, 0.15) is 0 Å². The van der Waals surface area contributed by atoms with E-state index in [1.807, 2.05) is 0 Å². The molecule has 1 nitrogen and oxygen atoms in total. The summed E-state index contributed by atoms with van der Waals surface area (Å²) in [7, 11) is 0. The molecule has 2 N–H and O–H groups in total. The molecule has 0 spiro atoms. The first-order valence-corrected chi connectivity index (χ1v) is 5.44.